The fourth-order valence-electron chi connectivity index (χ4n) is 4.88. The van der Waals surface area contributed by atoms with E-state index in [1.54, 1.807) is 17.9 Å². The van der Waals surface area contributed by atoms with Crippen LogP contribution in [-0.4, -0.2) is 68.3 Å². The van der Waals surface area contributed by atoms with Crippen molar-refractivity contribution >= 4 is 10.9 Å². The Morgan fingerprint density at radius 3 is 2.64 bits per heavy atom. The van der Waals surface area contributed by atoms with Gasteiger partial charge in [-0.1, -0.05) is 12.1 Å². The first-order chi connectivity index (χ1) is 17.6. The monoisotopic (exact) mass is 490 g/mol. The summed E-state index contributed by atoms with van der Waals surface area (Å²) in [6.45, 7) is 1.81. The van der Waals surface area contributed by atoms with E-state index < -0.39 is 6.04 Å². The van der Waals surface area contributed by atoms with Gasteiger partial charge in [-0.2, -0.15) is 0 Å². The summed E-state index contributed by atoms with van der Waals surface area (Å²) in [6, 6.07) is 12.7. The number of hydrogen-bond donors (Lipinski definition) is 2. The summed E-state index contributed by atoms with van der Waals surface area (Å²) in [6.07, 6.45) is 0.869. The number of nitrogens with zero attached hydrogens (tertiary/aromatic N) is 5. The first-order valence-electron chi connectivity index (χ1n) is 11.9. The molecule has 6 rings (SSSR count). The summed E-state index contributed by atoms with van der Waals surface area (Å²) >= 11 is 0. The maximum atomic E-state index is 13.4. The van der Waals surface area contributed by atoms with Crippen LogP contribution in [0.1, 0.15) is 35.8 Å². The van der Waals surface area contributed by atoms with Crippen molar-refractivity contribution in [2.75, 3.05) is 27.0 Å². The number of benzene rings is 2. The molecule has 0 saturated carbocycles. The first kappa shape index (κ1) is 22.5. The van der Waals surface area contributed by atoms with E-state index in [4.69, 9.17) is 14.2 Å². The largest absolute Gasteiger partial charge is 0.497 e. The van der Waals surface area contributed by atoms with Crippen LogP contribution in [0.5, 0.6) is 17.2 Å². The molecule has 11 heteroatoms. The Labute approximate surface area is 206 Å². The standard InChI is InChI=1S/C25H26N6O5/c1-34-18-4-2-15(3-5-18)13-31-24(27-28-29-31)23(30-8-6-17(32)7-9-30)19-10-16-11-21-22(36-14-35-21)12-20(16)26-25(19)33/h2-5,10-12,17,23,32H,6-9,13-14H2,1H3,(H,26,33)/t23-/m0/s1. The highest BCUT2D eigenvalue weighted by Crippen LogP contribution is 2.36. The smallest absolute Gasteiger partial charge is 0.253 e. The molecule has 2 aliphatic heterocycles. The van der Waals surface area contributed by atoms with Crippen LogP contribution in [0.25, 0.3) is 10.9 Å². The highest BCUT2D eigenvalue weighted by atomic mass is 16.7. The fraction of sp³-hybridized carbons (Fsp3) is 0.360. The lowest BCUT2D eigenvalue weighted by Crippen LogP contribution is -2.41. The molecular weight excluding hydrogens is 464 g/mol. The topological polar surface area (TPSA) is 128 Å². The van der Waals surface area contributed by atoms with Gasteiger partial charge in [-0.3, -0.25) is 9.69 Å². The van der Waals surface area contributed by atoms with Gasteiger partial charge in [0, 0.05) is 30.1 Å². The van der Waals surface area contributed by atoms with Gasteiger partial charge in [0.1, 0.15) is 11.8 Å². The Bertz CT molecular complexity index is 1440. The second kappa shape index (κ2) is 9.25. The van der Waals surface area contributed by atoms with Gasteiger partial charge in [0.2, 0.25) is 6.79 Å². The number of fused-ring (bicyclic) bond motifs is 2. The summed E-state index contributed by atoms with van der Waals surface area (Å²) in [5.41, 5.74) is 1.97. The molecule has 0 bridgehead atoms. The van der Waals surface area contributed by atoms with Gasteiger partial charge in [-0.25, -0.2) is 4.68 Å². The van der Waals surface area contributed by atoms with E-state index in [1.807, 2.05) is 36.4 Å². The van der Waals surface area contributed by atoms with E-state index in [9.17, 15) is 9.90 Å². The zero-order valence-corrected chi connectivity index (χ0v) is 19.8. The van der Waals surface area contributed by atoms with Crippen LogP contribution in [0, 0.1) is 0 Å². The molecular formula is C25H26N6O5. The van der Waals surface area contributed by atoms with Crippen LogP contribution in [0.2, 0.25) is 0 Å². The zero-order chi connectivity index (χ0) is 24.6. The Kier molecular flexibility index (Phi) is 5.78. The molecule has 0 radical (unpaired) electrons. The van der Waals surface area contributed by atoms with Gasteiger partial charge in [0.15, 0.2) is 17.3 Å². The number of nitrogens with one attached hydrogen (secondary N) is 1. The van der Waals surface area contributed by atoms with E-state index in [1.165, 1.54) is 0 Å². The molecule has 2 aromatic heterocycles. The SMILES string of the molecule is COc1ccc(Cn2nnnc2[C@H](c2cc3cc4c(cc3[nH]c2=O)OCO4)N2CCC(O)CC2)cc1. The molecule has 0 unspecified atom stereocenters. The Balaban J connectivity index is 1.43. The molecule has 4 heterocycles. The number of aliphatic hydroxyl groups is 1. The van der Waals surface area contributed by atoms with Crippen LogP contribution in [0.15, 0.2) is 47.3 Å². The molecule has 2 aliphatic rings. The van der Waals surface area contributed by atoms with Crippen molar-refractivity contribution in [3.8, 4) is 17.2 Å². The van der Waals surface area contributed by atoms with Crippen molar-refractivity contribution < 1.29 is 19.3 Å². The highest BCUT2D eigenvalue weighted by Gasteiger charge is 2.33. The van der Waals surface area contributed by atoms with Gasteiger partial charge < -0.3 is 24.3 Å². The molecule has 0 aliphatic carbocycles. The molecule has 0 spiro atoms. The number of tetrazole rings is 1. The second-order valence-electron chi connectivity index (χ2n) is 9.06. The quantitative estimate of drug-likeness (QED) is 0.416. The predicted molar refractivity (Wildman–Crippen MR) is 129 cm³/mol. The average molecular weight is 491 g/mol. The van der Waals surface area contributed by atoms with E-state index in [2.05, 4.69) is 25.4 Å². The summed E-state index contributed by atoms with van der Waals surface area (Å²) in [7, 11) is 1.63. The molecule has 1 saturated heterocycles. The van der Waals surface area contributed by atoms with Crippen LogP contribution >= 0.6 is 0 Å². The van der Waals surface area contributed by atoms with Crippen LogP contribution in [0.4, 0.5) is 0 Å². The predicted octanol–water partition coefficient (Wildman–Crippen LogP) is 1.85. The Morgan fingerprint density at radius 1 is 1.14 bits per heavy atom. The van der Waals surface area contributed by atoms with E-state index >= 15 is 0 Å². The van der Waals surface area contributed by atoms with Crippen LogP contribution < -0.4 is 19.8 Å². The van der Waals surface area contributed by atoms with Crippen LogP contribution in [-0.2, 0) is 6.54 Å². The third-order valence-corrected chi connectivity index (χ3v) is 6.82. The van der Waals surface area contributed by atoms with Crippen molar-refractivity contribution in [3.05, 3.63) is 69.8 Å². The highest BCUT2D eigenvalue weighted by molar-refractivity contribution is 5.83. The third-order valence-electron chi connectivity index (χ3n) is 6.82. The lowest BCUT2D eigenvalue weighted by molar-refractivity contribution is 0.0659. The first-order valence-corrected chi connectivity index (χ1v) is 11.9. The number of piperidine rings is 1. The van der Waals surface area contributed by atoms with E-state index in [0.717, 1.165) is 16.7 Å². The number of ether oxygens (including phenoxy) is 3. The maximum absolute atomic E-state index is 13.4. The number of methoxy groups -OCH3 is 1. The van der Waals surface area contributed by atoms with Crippen molar-refractivity contribution in [3.63, 3.8) is 0 Å². The van der Waals surface area contributed by atoms with Gasteiger partial charge in [-0.15, -0.1) is 5.10 Å². The lowest BCUT2D eigenvalue weighted by Gasteiger charge is -2.35. The molecule has 1 fully saturated rings. The van der Waals surface area contributed by atoms with Crippen molar-refractivity contribution in [1.82, 2.24) is 30.1 Å². The number of likely N-dealkylation sites (tertiary alicyclic amines) is 1. The number of aromatic nitrogens is 5. The second-order valence-corrected chi connectivity index (χ2v) is 9.06. The average Bonchev–Trinajstić information content (AvgIpc) is 3.54. The number of pyridine rings is 1. The normalized spacial score (nSPS) is 16.9. The Hall–Kier alpha value is -3.96. The van der Waals surface area contributed by atoms with Gasteiger partial charge in [0.25, 0.3) is 5.56 Å². The molecule has 36 heavy (non-hydrogen) atoms. The summed E-state index contributed by atoms with van der Waals surface area (Å²) < 4.78 is 18.0. The zero-order valence-electron chi connectivity index (χ0n) is 19.8. The maximum Gasteiger partial charge on any atom is 0.253 e. The summed E-state index contributed by atoms with van der Waals surface area (Å²) in [5, 5.41) is 23.5. The van der Waals surface area contributed by atoms with Crippen molar-refractivity contribution in [2.45, 2.75) is 31.5 Å². The van der Waals surface area contributed by atoms with Gasteiger partial charge in [-0.05, 0) is 53.1 Å². The number of aliphatic hydroxyl groups excluding tert-OH is 1. The molecule has 11 nitrogen and oxygen atoms in total. The van der Waals surface area contributed by atoms with Gasteiger partial charge >= 0.3 is 0 Å². The van der Waals surface area contributed by atoms with Crippen LogP contribution in [0.3, 0.4) is 0 Å². The minimum absolute atomic E-state index is 0.154. The molecule has 0 amide bonds. The third kappa shape index (κ3) is 4.16. The minimum Gasteiger partial charge on any atom is -0.497 e. The number of hydrogen-bond acceptors (Lipinski definition) is 9. The van der Waals surface area contributed by atoms with Crippen molar-refractivity contribution in [1.29, 1.82) is 0 Å². The molecule has 2 aromatic carbocycles. The molecule has 1 atom stereocenters. The number of aromatic amines is 1. The molecule has 2 N–H and O–H groups in total. The fourth-order valence-corrected chi connectivity index (χ4v) is 4.88. The number of H-pyrrole nitrogens is 1. The van der Waals surface area contributed by atoms with Gasteiger partial charge in [0.05, 0.1) is 25.3 Å². The minimum atomic E-state index is -0.496. The number of rotatable bonds is 6. The van der Waals surface area contributed by atoms with E-state index in [-0.39, 0.29) is 18.5 Å². The Morgan fingerprint density at radius 2 is 1.89 bits per heavy atom. The summed E-state index contributed by atoms with van der Waals surface area (Å²) in [4.78, 5) is 18.6. The molecule has 186 valence electrons. The van der Waals surface area contributed by atoms with Crippen molar-refractivity contribution in [2.24, 2.45) is 0 Å². The van der Waals surface area contributed by atoms with E-state index in [0.29, 0.717) is 60.9 Å². The lowest BCUT2D eigenvalue weighted by atomic mass is 9.99. The summed E-state index contributed by atoms with van der Waals surface area (Å²) in [5.74, 6) is 2.58. The molecule has 4 aromatic rings.